The van der Waals surface area contributed by atoms with Gasteiger partial charge in [-0.05, 0) is 36.6 Å². The highest BCUT2D eigenvalue weighted by atomic mass is 35.5. The van der Waals surface area contributed by atoms with Gasteiger partial charge in [0.15, 0.2) is 34.2 Å². The molecule has 0 unspecified atom stereocenters. The Labute approximate surface area is 211 Å². The molecule has 2 amide bonds. The number of nitrogen functional groups attached to an aromatic ring is 2. The topological polar surface area (TPSA) is 178 Å². The lowest BCUT2D eigenvalue weighted by Crippen LogP contribution is -2.56. The second-order valence-corrected chi connectivity index (χ2v) is 9.11. The third-order valence-corrected chi connectivity index (χ3v) is 6.53. The Morgan fingerprint density at radius 3 is 2.72 bits per heavy atom. The first-order valence-electron chi connectivity index (χ1n) is 11.3. The Bertz CT molecular complexity index is 1330. The average Bonchev–Trinajstić information content (AvgIpc) is 3.49. The van der Waals surface area contributed by atoms with E-state index in [9.17, 15) is 9.59 Å². The number of aromatic nitrogens is 3. The normalized spacial score (nSPS) is 16.5. The SMILES string of the molecule is Nc1nc(N)c(C(=O)NC2=NCC3(CCN(C(=O)c4ccc(Cc5cccnc5)o4)CC3)N2)nc1Cl. The van der Waals surface area contributed by atoms with Crippen molar-refractivity contribution < 1.29 is 14.0 Å². The number of likely N-dealkylation sites (tertiary alicyclic amines) is 1. The van der Waals surface area contributed by atoms with E-state index in [0.29, 0.717) is 56.4 Å². The zero-order chi connectivity index (χ0) is 25.3. The minimum Gasteiger partial charge on any atom is -0.456 e. The Kier molecular flexibility index (Phi) is 6.18. The highest BCUT2D eigenvalue weighted by Crippen LogP contribution is 2.27. The van der Waals surface area contributed by atoms with Gasteiger partial charge >= 0.3 is 0 Å². The number of carbonyl (C=O) groups is 2. The predicted molar refractivity (Wildman–Crippen MR) is 132 cm³/mol. The number of anilines is 2. The molecule has 0 aliphatic carbocycles. The van der Waals surface area contributed by atoms with E-state index in [4.69, 9.17) is 27.5 Å². The Morgan fingerprint density at radius 2 is 1.97 bits per heavy atom. The molecule has 3 aromatic rings. The fraction of sp³-hybridized carbons (Fsp3) is 0.304. The van der Waals surface area contributed by atoms with Gasteiger partial charge < -0.3 is 26.1 Å². The summed E-state index contributed by atoms with van der Waals surface area (Å²) in [5.41, 5.74) is 11.8. The number of pyridine rings is 1. The number of piperidine rings is 1. The van der Waals surface area contributed by atoms with E-state index in [1.165, 1.54) is 0 Å². The van der Waals surface area contributed by atoms with Crippen LogP contribution in [0.5, 0.6) is 0 Å². The van der Waals surface area contributed by atoms with E-state index in [1.807, 2.05) is 18.2 Å². The highest BCUT2D eigenvalue weighted by molar-refractivity contribution is 6.31. The van der Waals surface area contributed by atoms with Crippen molar-refractivity contribution >= 4 is 41.0 Å². The molecule has 1 saturated heterocycles. The molecular weight excluding hydrogens is 486 g/mol. The van der Waals surface area contributed by atoms with E-state index in [2.05, 4.69) is 30.6 Å². The average molecular weight is 510 g/mol. The molecule has 3 aromatic heterocycles. The zero-order valence-electron chi connectivity index (χ0n) is 19.2. The van der Waals surface area contributed by atoms with Gasteiger partial charge in [-0.3, -0.25) is 24.9 Å². The van der Waals surface area contributed by atoms with Gasteiger partial charge in [-0.1, -0.05) is 17.7 Å². The molecule has 2 aliphatic heterocycles. The van der Waals surface area contributed by atoms with Crippen LogP contribution in [0.1, 0.15) is 45.2 Å². The number of halogens is 1. The van der Waals surface area contributed by atoms with E-state index in [-0.39, 0.29) is 33.9 Å². The molecule has 0 radical (unpaired) electrons. The summed E-state index contributed by atoms with van der Waals surface area (Å²) < 4.78 is 5.80. The van der Waals surface area contributed by atoms with Crippen LogP contribution in [0.25, 0.3) is 0 Å². The van der Waals surface area contributed by atoms with Crippen molar-refractivity contribution in [3.63, 3.8) is 0 Å². The second-order valence-electron chi connectivity index (χ2n) is 8.75. The van der Waals surface area contributed by atoms with Gasteiger partial charge in [0.2, 0.25) is 0 Å². The zero-order valence-corrected chi connectivity index (χ0v) is 20.0. The number of guanidine groups is 1. The summed E-state index contributed by atoms with van der Waals surface area (Å²) in [6, 6.07) is 7.35. The van der Waals surface area contributed by atoms with Gasteiger partial charge in [-0.25, -0.2) is 9.97 Å². The number of furan rings is 1. The van der Waals surface area contributed by atoms with Gasteiger partial charge in [-0.2, -0.15) is 0 Å². The van der Waals surface area contributed by atoms with Crippen molar-refractivity contribution in [3.05, 3.63) is 64.6 Å². The van der Waals surface area contributed by atoms with Crippen LogP contribution >= 0.6 is 11.6 Å². The summed E-state index contributed by atoms with van der Waals surface area (Å²) in [5.74, 6) is 0.396. The fourth-order valence-electron chi connectivity index (χ4n) is 4.28. The largest absolute Gasteiger partial charge is 0.456 e. The first-order valence-corrected chi connectivity index (χ1v) is 11.7. The summed E-state index contributed by atoms with van der Waals surface area (Å²) in [6.45, 7) is 1.50. The van der Waals surface area contributed by atoms with E-state index in [0.717, 1.165) is 5.56 Å². The van der Waals surface area contributed by atoms with Gasteiger partial charge in [-0.15, -0.1) is 0 Å². The first kappa shape index (κ1) is 23.5. The summed E-state index contributed by atoms with van der Waals surface area (Å²) in [4.78, 5) is 43.6. The third-order valence-electron chi connectivity index (χ3n) is 6.26. The lowest BCUT2D eigenvalue weighted by molar-refractivity contribution is 0.0635. The van der Waals surface area contributed by atoms with Crippen LogP contribution in [0.4, 0.5) is 11.6 Å². The van der Waals surface area contributed by atoms with Crippen LogP contribution in [0.3, 0.4) is 0 Å². The number of nitrogens with zero attached hydrogens (tertiary/aromatic N) is 5. The van der Waals surface area contributed by atoms with Crippen LogP contribution < -0.4 is 22.1 Å². The number of hydrogen-bond donors (Lipinski definition) is 4. The summed E-state index contributed by atoms with van der Waals surface area (Å²) >= 11 is 5.86. The maximum atomic E-state index is 13.0. The third kappa shape index (κ3) is 4.80. The molecule has 6 N–H and O–H groups in total. The maximum absolute atomic E-state index is 13.0. The fourth-order valence-corrected chi connectivity index (χ4v) is 4.40. The molecule has 2 aliphatic rings. The van der Waals surface area contributed by atoms with Gasteiger partial charge in [0, 0.05) is 31.9 Å². The molecule has 1 spiro atoms. The van der Waals surface area contributed by atoms with E-state index in [1.54, 1.807) is 23.4 Å². The Balaban J connectivity index is 1.15. The Hall–Kier alpha value is -4.19. The van der Waals surface area contributed by atoms with Crippen LogP contribution in [0.2, 0.25) is 5.15 Å². The number of carbonyl (C=O) groups excluding carboxylic acids is 2. The summed E-state index contributed by atoms with van der Waals surface area (Å²) in [6.07, 6.45) is 5.36. The quantitative estimate of drug-likeness (QED) is 0.402. The van der Waals surface area contributed by atoms with Crippen molar-refractivity contribution in [3.8, 4) is 0 Å². The van der Waals surface area contributed by atoms with Crippen molar-refractivity contribution in [1.82, 2.24) is 30.5 Å². The first-order chi connectivity index (χ1) is 17.3. The van der Waals surface area contributed by atoms with Crippen LogP contribution in [-0.2, 0) is 6.42 Å². The van der Waals surface area contributed by atoms with Crippen LogP contribution in [-0.4, -0.2) is 62.8 Å². The van der Waals surface area contributed by atoms with E-state index >= 15 is 0 Å². The second kappa shape index (κ2) is 9.46. The summed E-state index contributed by atoms with van der Waals surface area (Å²) in [5, 5.41) is 5.84. The standard InChI is InChI=1S/C23H24ClN9O3/c24-17-19(26)30-18(25)16(29-17)20(34)31-22-28-12-23(32-22)5-8-33(9-6-23)21(35)15-4-3-14(36-15)10-13-2-1-7-27-11-13/h1-4,7,11H,5-6,8-10,12H2,(H4,25,26,30)(H2,28,31,32,34). The molecule has 1 fully saturated rings. The molecule has 0 bridgehead atoms. The van der Waals surface area contributed by atoms with Crippen molar-refractivity contribution in [2.24, 2.45) is 4.99 Å². The van der Waals surface area contributed by atoms with E-state index < -0.39 is 5.91 Å². The Morgan fingerprint density at radius 1 is 1.17 bits per heavy atom. The van der Waals surface area contributed by atoms with Crippen molar-refractivity contribution in [1.29, 1.82) is 0 Å². The van der Waals surface area contributed by atoms with Crippen molar-refractivity contribution in [2.75, 3.05) is 31.1 Å². The molecule has 186 valence electrons. The van der Waals surface area contributed by atoms with Crippen LogP contribution in [0, 0.1) is 0 Å². The molecule has 5 heterocycles. The molecule has 0 atom stereocenters. The molecule has 5 rings (SSSR count). The minimum atomic E-state index is -0.599. The highest BCUT2D eigenvalue weighted by Gasteiger charge is 2.40. The molecule has 12 nitrogen and oxygen atoms in total. The lowest BCUT2D eigenvalue weighted by Gasteiger charge is -2.38. The molecule has 0 saturated carbocycles. The maximum Gasteiger partial charge on any atom is 0.289 e. The number of amides is 2. The van der Waals surface area contributed by atoms with Gasteiger partial charge in [0.1, 0.15) is 5.76 Å². The number of rotatable bonds is 4. The molecule has 13 heteroatoms. The minimum absolute atomic E-state index is 0.0541. The number of hydrogen-bond acceptors (Lipinski definition) is 10. The monoisotopic (exact) mass is 509 g/mol. The smallest absolute Gasteiger partial charge is 0.289 e. The molecular formula is C23H24ClN9O3. The molecule has 36 heavy (non-hydrogen) atoms. The van der Waals surface area contributed by atoms with Gasteiger partial charge in [0.25, 0.3) is 11.8 Å². The lowest BCUT2D eigenvalue weighted by atomic mass is 9.88. The van der Waals surface area contributed by atoms with Crippen molar-refractivity contribution in [2.45, 2.75) is 24.8 Å². The number of nitrogens with one attached hydrogen (secondary N) is 2. The summed E-state index contributed by atoms with van der Waals surface area (Å²) in [7, 11) is 0. The number of nitrogens with two attached hydrogens (primary N) is 2. The molecule has 0 aromatic carbocycles. The van der Waals surface area contributed by atoms with Crippen LogP contribution in [0.15, 0.2) is 46.1 Å². The predicted octanol–water partition coefficient (Wildman–Crippen LogP) is 1.24. The van der Waals surface area contributed by atoms with Gasteiger partial charge in [0.05, 0.1) is 12.1 Å². The number of aliphatic imine (C=N–C) groups is 1.